The minimum atomic E-state index is -4.33. The summed E-state index contributed by atoms with van der Waals surface area (Å²) in [5.41, 5.74) is 1.22. The normalized spacial score (nSPS) is 18.2. The molecule has 4 nitrogen and oxygen atoms in total. The zero-order valence-electron chi connectivity index (χ0n) is 15.9. The number of alkyl halides is 3. The molecular formula is C22H23F3N2O2. The number of amides is 2. The van der Waals surface area contributed by atoms with Crippen molar-refractivity contribution in [1.29, 1.82) is 0 Å². The summed E-state index contributed by atoms with van der Waals surface area (Å²) in [5, 5.41) is 2.72. The van der Waals surface area contributed by atoms with Gasteiger partial charge in [0.05, 0.1) is 5.92 Å². The summed E-state index contributed by atoms with van der Waals surface area (Å²) in [6, 6.07) is 16.6. The number of benzene rings is 2. The Morgan fingerprint density at radius 2 is 1.66 bits per heavy atom. The number of piperidine rings is 1. The van der Waals surface area contributed by atoms with E-state index in [2.05, 4.69) is 5.32 Å². The average Bonchev–Trinajstić information content (AvgIpc) is 2.73. The molecule has 2 aromatic carbocycles. The van der Waals surface area contributed by atoms with E-state index in [0.717, 1.165) is 5.56 Å². The largest absolute Gasteiger partial charge is 0.393 e. The van der Waals surface area contributed by atoms with Crippen LogP contribution in [0.15, 0.2) is 60.7 Å². The lowest BCUT2D eigenvalue weighted by molar-refractivity contribution is -0.188. The topological polar surface area (TPSA) is 49.4 Å². The third kappa shape index (κ3) is 5.59. The molecule has 1 aliphatic rings. The molecule has 0 radical (unpaired) electrons. The van der Waals surface area contributed by atoms with Crippen molar-refractivity contribution in [1.82, 2.24) is 10.2 Å². The predicted molar refractivity (Wildman–Crippen MR) is 103 cm³/mol. The van der Waals surface area contributed by atoms with Gasteiger partial charge >= 0.3 is 6.18 Å². The summed E-state index contributed by atoms with van der Waals surface area (Å²) in [4.78, 5) is 26.9. The van der Waals surface area contributed by atoms with Crippen LogP contribution in [0.5, 0.6) is 0 Å². The van der Waals surface area contributed by atoms with E-state index in [1.807, 2.05) is 30.3 Å². The van der Waals surface area contributed by atoms with Crippen LogP contribution in [0, 0.1) is 5.92 Å². The van der Waals surface area contributed by atoms with Crippen LogP contribution in [0.25, 0.3) is 0 Å². The Morgan fingerprint density at radius 1 is 1.03 bits per heavy atom. The smallest absolute Gasteiger partial charge is 0.340 e. The minimum Gasteiger partial charge on any atom is -0.340 e. The van der Waals surface area contributed by atoms with Crippen molar-refractivity contribution in [2.75, 3.05) is 13.1 Å². The van der Waals surface area contributed by atoms with Crippen LogP contribution in [-0.2, 0) is 11.2 Å². The number of halogens is 3. The fraction of sp³-hybridized carbons (Fsp3) is 0.364. The third-order valence-electron chi connectivity index (χ3n) is 5.12. The average molecular weight is 404 g/mol. The monoisotopic (exact) mass is 404 g/mol. The van der Waals surface area contributed by atoms with Crippen LogP contribution in [-0.4, -0.2) is 42.0 Å². The van der Waals surface area contributed by atoms with Gasteiger partial charge in [-0.15, -0.1) is 0 Å². The van der Waals surface area contributed by atoms with E-state index in [0.29, 0.717) is 12.0 Å². The first-order valence-electron chi connectivity index (χ1n) is 9.60. The van der Waals surface area contributed by atoms with Crippen molar-refractivity contribution in [3.63, 3.8) is 0 Å². The van der Waals surface area contributed by atoms with Gasteiger partial charge in [-0.1, -0.05) is 48.5 Å². The van der Waals surface area contributed by atoms with Gasteiger partial charge in [-0.25, -0.2) is 0 Å². The first-order chi connectivity index (χ1) is 13.8. The molecule has 2 atom stereocenters. The molecule has 0 unspecified atom stereocenters. The molecule has 1 saturated heterocycles. The van der Waals surface area contributed by atoms with Crippen molar-refractivity contribution in [3.05, 3.63) is 71.8 Å². The maximum atomic E-state index is 13.1. The van der Waals surface area contributed by atoms with Crippen LogP contribution in [0.1, 0.15) is 28.8 Å². The molecule has 2 aromatic rings. The van der Waals surface area contributed by atoms with E-state index in [4.69, 9.17) is 0 Å². The van der Waals surface area contributed by atoms with Gasteiger partial charge in [0.25, 0.3) is 5.91 Å². The van der Waals surface area contributed by atoms with Crippen molar-refractivity contribution < 1.29 is 22.8 Å². The van der Waals surface area contributed by atoms with Crippen LogP contribution < -0.4 is 5.32 Å². The van der Waals surface area contributed by atoms with Gasteiger partial charge in [0.1, 0.15) is 6.04 Å². The van der Waals surface area contributed by atoms with Crippen LogP contribution >= 0.6 is 0 Å². The maximum absolute atomic E-state index is 13.1. The number of hydrogen-bond donors (Lipinski definition) is 1. The predicted octanol–water partition coefficient (Wildman–Crippen LogP) is 3.83. The van der Waals surface area contributed by atoms with E-state index >= 15 is 0 Å². The fourth-order valence-electron chi connectivity index (χ4n) is 3.55. The summed E-state index contributed by atoms with van der Waals surface area (Å²) >= 11 is 0. The third-order valence-corrected chi connectivity index (χ3v) is 5.12. The number of carbonyl (C=O) groups is 2. The highest BCUT2D eigenvalue weighted by atomic mass is 19.4. The maximum Gasteiger partial charge on any atom is 0.393 e. The number of hydrogen-bond acceptors (Lipinski definition) is 2. The summed E-state index contributed by atoms with van der Waals surface area (Å²) in [6.45, 7) is -0.104. The SMILES string of the molecule is O=C(N[C@H](Cc1ccccc1)C(=O)N1CCC[C@@H](C(F)(F)F)C1)c1ccccc1. The molecule has 1 N–H and O–H groups in total. The Hall–Kier alpha value is -2.83. The number of nitrogens with zero attached hydrogens (tertiary/aromatic N) is 1. The van der Waals surface area contributed by atoms with Gasteiger partial charge in [0.15, 0.2) is 0 Å². The second kappa shape index (κ2) is 9.11. The molecule has 1 fully saturated rings. The number of likely N-dealkylation sites (tertiary alicyclic amines) is 1. The first-order valence-corrected chi connectivity index (χ1v) is 9.60. The van der Waals surface area contributed by atoms with Crippen molar-refractivity contribution in [2.24, 2.45) is 5.92 Å². The highest BCUT2D eigenvalue weighted by molar-refractivity contribution is 5.97. The second-order valence-electron chi connectivity index (χ2n) is 7.25. The zero-order chi connectivity index (χ0) is 20.9. The van der Waals surface area contributed by atoms with Gasteiger partial charge in [0, 0.05) is 25.1 Å². The second-order valence-corrected chi connectivity index (χ2v) is 7.25. The molecule has 0 bridgehead atoms. The van der Waals surface area contributed by atoms with E-state index in [1.165, 1.54) is 4.90 Å². The van der Waals surface area contributed by atoms with Crippen molar-refractivity contribution in [3.8, 4) is 0 Å². The van der Waals surface area contributed by atoms with Crippen LogP contribution in [0.3, 0.4) is 0 Å². The van der Waals surface area contributed by atoms with E-state index in [1.54, 1.807) is 30.3 Å². The Bertz CT molecular complexity index is 825. The van der Waals surface area contributed by atoms with Gasteiger partial charge < -0.3 is 10.2 Å². The van der Waals surface area contributed by atoms with Crippen molar-refractivity contribution >= 4 is 11.8 Å². The molecule has 1 heterocycles. The van der Waals surface area contributed by atoms with Crippen LogP contribution in [0.4, 0.5) is 13.2 Å². The molecule has 2 amide bonds. The first kappa shape index (κ1) is 20.9. The molecular weight excluding hydrogens is 381 g/mol. The molecule has 154 valence electrons. The Morgan fingerprint density at radius 3 is 2.28 bits per heavy atom. The minimum absolute atomic E-state index is 0.0208. The van der Waals surface area contributed by atoms with E-state index in [9.17, 15) is 22.8 Å². The van der Waals surface area contributed by atoms with Gasteiger partial charge in [-0.05, 0) is 30.5 Å². The molecule has 0 spiro atoms. The van der Waals surface area contributed by atoms with Gasteiger partial charge in [-0.2, -0.15) is 13.2 Å². The number of nitrogens with one attached hydrogen (secondary N) is 1. The highest BCUT2D eigenvalue weighted by Gasteiger charge is 2.43. The van der Waals surface area contributed by atoms with Gasteiger partial charge in [0.2, 0.25) is 5.91 Å². The number of rotatable bonds is 5. The summed E-state index contributed by atoms with van der Waals surface area (Å²) in [7, 11) is 0. The highest BCUT2D eigenvalue weighted by Crippen LogP contribution is 2.33. The molecule has 3 rings (SSSR count). The summed E-state index contributed by atoms with van der Waals surface area (Å²) < 4.78 is 39.4. The molecule has 0 saturated carbocycles. The quantitative estimate of drug-likeness (QED) is 0.824. The lowest BCUT2D eigenvalue weighted by atomic mass is 9.96. The lowest BCUT2D eigenvalue weighted by Crippen LogP contribution is -2.53. The standard InChI is InChI=1S/C22H23F3N2O2/c23-22(24,25)18-12-7-13-27(15-18)21(29)19(14-16-8-3-1-4-9-16)26-20(28)17-10-5-2-6-11-17/h1-6,8-11,18-19H,7,12-15H2,(H,26,28)/t18-,19-/m1/s1. The van der Waals surface area contributed by atoms with E-state index in [-0.39, 0.29) is 25.9 Å². The molecule has 29 heavy (non-hydrogen) atoms. The molecule has 7 heteroatoms. The lowest BCUT2D eigenvalue weighted by Gasteiger charge is -2.36. The summed E-state index contributed by atoms with van der Waals surface area (Å²) in [5.74, 6) is -2.43. The Balaban J connectivity index is 1.78. The Labute approximate surface area is 167 Å². The Kier molecular flexibility index (Phi) is 6.56. The van der Waals surface area contributed by atoms with Crippen molar-refractivity contribution in [2.45, 2.75) is 31.5 Å². The fourth-order valence-corrected chi connectivity index (χ4v) is 3.55. The zero-order valence-corrected chi connectivity index (χ0v) is 15.9. The molecule has 0 aliphatic carbocycles. The molecule has 0 aromatic heterocycles. The number of carbonyl (C=O) groups excluding carboxylic acids is 2. The van der Waals surface area contributed by atoms with Gasteiger partial charge in [-0.3, -0.25) is 9.59 Å². The summed E-state index contributed by atoms with van der Waals surface area (Å²) in [6.07, 6.45) is -3.81. The van der Waals surface area contributed by atoms with Crippen LogP contribution in [0.2, 0.25) is 0 Å². The molecule has 1 aliphatic heterocycles. The van der Waals surface area contributed by atoms with E-state index < -0.39 is 30.0 Å².